The van der Waals surface area contributed by atoms with Crippen molar-refractivity contribution in [2.24, 2.45) is 0 Å². The number of para-hydroxylation sites is 2. The third-order valence-corrected chi connectivity index (χ3v) is 3.91. The fraction of sp³-hybridized carbons (Fsp3) is 0.0526. The second-order valence-electron chi connectivity index (χ2n) is 5.78. The van der Waals surface area contributed by atoms with Crippen molar-refractivity contribution in [1.29, 1.82) is 5.26 Å². The molecule has 0 saturated heterocycles. The van der Waals surface area contributed by atoms with E-state index in [1.165, 1.54) is 0 Å². The van der Waals surface area contributed by atoms with Crippen LogP contribution in [0.2, 0.25) is 0 Å². The van der Waals surface area contributed by atoms with Gasteiger partial charge in [0.15, 0.2) is 0 Å². The van der Waals surface area contributed by atoms with Crippen molar-refractivity contribution in [2.75, 3.05) is 5.32 Å². The molecule has 2 heterocycles. The number of carbonyl (C=O) groups is 1. The number of imidazole rings is 1. The number of nitrogens with one attached hydrogen (secondary N) is 2. The van der Waals surface area contributed by atoms with E-state index in [1.807, 2.05) is 24.3 Å². The maximum Gasteiger partial charge on any atom is 0.229 e. The number of fused-ring (bicyclic) bond motifs is 1. The highest BCUT2D eigenvalue weighted by Crippen LogP contribution is 2.15. The fourth-order valence-electron chi connectivity index (χ4n) is 2.64. The second kappa shape index (κ2) is 6.53. The van der Waals surface area contributed by atoms with Crippen LogP contribution < -0.4 is 5.32 Å². The summed E-state index contributed by atoms with van der Waals surface area (Å²) < 4.78 is 1.58. The lowest BCUT2D eigenvalue weighted by Gasteiger charge is -2.02. The zero-order valence-electron chi connectivity index (χ0n) is 13.7. The van der Waals surface area contributed by atoms with Crippen LogP contribution in [0.1, 0.15) is 11.1 Å². The second-order valence-corrected chi connectivity index (χ2v) is 5.78. The summed E-state index contributed by atoms with van der Waals surface area (Å²) in [5, 5.41) is 15.9. The van der Waals surface area contributed by atoms with E-state index in [9.17, 15) is 4.79 Å². The number of rotatable bonds is 4. The Morgan fingerprint density at radius 1 is 1.19 bits per heavy atom. The molecule has 0 atom stereocenters. The van der Waals surface area contributed by atoms with Gasteiger partial charge in [0.2, 0.25) is 11.9 Å². The molecule has 0 aliphatic rings. The molecule has 2 N–H and O–H groups in total. The van der Waals surface area contributed by atoms with Crippen LogP contribution in [-0.4, -0.2) is 25.7 Å². The highest BCUT2D eigenvalue weighted by Gasteiger charge is 2.09. The van der Waals surface area contributed by atoms with Crippen LogP contribution in [0.25, 0.3) is 17.0 Å². The third-order valence-electron chi connectivity index (χ3n) is 3.91. The highest BCUT2D eigenvalue weighted by atomic mass is 16.1. The van der Waals surface area contributed by atoms with Gasteiger partial charge in [0.25, 0.3) is 0 Å². The Labute approximate surface area is 148 Å². The molecule has 0 saturated carbocycles. The van der Waals surface area contributed by atoms with Crippen LogP contribution in [0.5, 0.6) is 0 Å². The van der Waals surface area contributed by atoms with Gasteiger partial charge in [-0.1, -0.05) is 24.3 Å². The van der Waals surface area contributed by atoms with Crippen LogP contribution in [0.3, 0.4) is 0 Å². The molecule has 2 aromatic heterocycles. The lowest BCUT2D eigenvalue weighted by atomic mass is 10.1. The minimum Gasteiger partial charge on any atom is -0.323 e. The monoisotopic (exact) mass is 342 g/mol. The van der Waals surface area contributed by atoms with Gasteiger partial charge in [-0.3, -0.25) is 4.79 Å². The quantitative estimate of drug-likeness (QED) is 0.595. The zero-order valence-corrected chi connectivity index (χ0v) is 13.7. The van der Waals surface area contributed by atoms with Crippen molar-refractivity contribution in [3.8, 4) is 12.0 Å². The van der Waals surface area contributed by atoms with E-state index in [2.05, 4.69) is 26.5 Å². The number of nitriles is 1. The lowest BCUT2D eigenvalue weighted by Crippen LogP contribution is -2.13. The summed E-state index contributed by atoms with van der Waals surface area (Å²) in [5.74, 6) is 0.428. The molecule has 0 radical (unpaired) electrons. The number of nitrogens with zero attached hydrogens (tertiary/aromatic N) is 4. The molecular formula is C19H14N6O. The molecule has 1 amide bonds. The number of amides is 1. The summed E-state index contributed by atoms with van der Waals surface area (Å²) in [7, 11) is 0. The summed E-state index contributed by atoms with van der Waals surface area (Å²) in [5.41, 5.74) is 3.77. The molecule has 4 rings (SSSR count). The summed E-state index contributed by atoms with van der Waals surface area (Å²) in [4.78, 5) is 19.8. The Morgan fingerprint density at radius 2 is 2.00 bits per heavy atom. The minimum absolute atomic E-state index is 0.154. The third kappa shape index (κ3) is 3.16. The van der Waals surface area contributed by atoms with E-state index in [0.29, 0.717) is 17.2 Å². The topological polar surface area (TPSA) is 99.4 Å². The maximum atomic E-state index is 12.2. The Kier molecular flexibility index (Phi) is 3.92. The number of carbonyl (C=O) groups excluding carboxylic acids is 1. The summed E-state index contributed by atoms with van der Waals surface area (Å²) in [6.45, 7) is 0. The Hall–Kier alpha value is -3.92. The van der Waals surface area contributed by atoms with Crippen molar-refractivity contribution in [2.45, 2.75) is 6.42 Å². The first-order chi connectivity index (χ1) is 12.7. The van der Waals surface area contributed by atoms with E-state index in [4.69, 9.17) is 5.26 Å². The van der Waals surface area contributed by atoms with Crippen molar-refractivity contribution < 1.29 is 4.79 Å². The van der Waals surface area contributed by atoms with E-state index >= 15 is 0 Å². The van der Waals surface area contributed by atoms with Crippen LogP contribution in [-0.2, 0) is 11.2 Å². The van der Waals surface area contributed by atoms with Crippen LogP contribution >= 0.6 is 0 Å². The standard InChI is InChI=1S/C19H14N6O/c20-10-14-7-5-13(6-8-14)9-18(26)22-15-11-21-25(12-15)19-23-16-3-1-2-4-17(16)24-19/h1-8,11-12H,9H2,(H,22,26)(H,23,24). The van der Waals surface area contributed by atoms with E-state index < -0.39 is 0 Å². The number of H-pyrrole nitrogens is 1. The number of aromatic nitrogens is 4. The molecule has 7 heteroatoms. The van der Waals surface area contributed by atoms with Crippen molar-refractivity contribution >= 4 is 22.6 Å². The number of hydrogen-bond acceptors (Lipinski definition) is 4. The summed E-state index contributed by atoms with van der Waals surface area (Å²) in [6, 6.07) is 16.7. The average Bonchev–Trinajstić information content (AvgIpc) is 3.28. The van der Waals surface area contributed by atoms with Crippen molar-refractivity contribution in [1.82, 2.24) is 19.7 Å². The molecule has 2 aromatic carbocycles. The molecule has 0 spiro atoms. The van der Waals surface area contributed by atoms with Crippen molar-refractivity contribution in [3.05, 3.63) is 72.1 Å². The number of aromatic amines is 1. The van der Waals surface area contributed by atoms with Gasteiger partial charge >= 0.3 is 0 Å². The smallest absolute Gasteiger partial charge is 0.229 e. The number of benzene rings is 2. The minimum atomic E-state index is -0.154. The molecule has 0 bridgehead atoms. The summed E-state index contributed by atoms with van der Waals surface area (Å²) >= 11 is 0. The highest BCUT2D eigenvalue weighted by molar-refractivity contribution is 5.92. The SMILES string of the molecule is N#Cc1ccc(CC(=O)Nc2cnn(-c3nc4ccccc4[nH]3)c2)cc1. The van der Waals surface area contributed by atoms with Gasteiger partial charge < -0.3 is 10.3 Å². The molecule has 126 valence electrons. The predicted molar refractivity (Wildman–Crippen MR) is 96.7 cm³/mol. The van der Waals surface area contributed by atoms with Gasteiger partial charge in [0.1, 0.15) is 0 Å². The molecule has 0 fully saturated rings. The van der Waals surface area contributed by atoms with Crippen LogP contribution in [0.15, 0.2) is 60.9 Å². The van der Waals surface area contributed by atoms with E-state index in [1.54, 1.807) is 41.3 Å². The van der Waals surface area contributed by atoms with Gasteiger partial charge in [-0.25, -0.2) is 9.67 Å². The number of anilines is 1. The molecule has 26 heavy (non-hydrogen) atoms. The average molecular weight is 342 g/mol. The number of hydrogen-bond donors (Lipinski definition) is 2. The van der Waals surface area contributed by atoms with E-state index in [-0.39, 0.29) is 12.3 Å². The normalized spacial score (nSPS) is 10.6. The first-order valence-corrected chi connectivity index (χ1v) is 8.00. The lowest BCUT2D eigenvalue weighted by molar-refractivity contribution is -0.115. The molecule has 0 aliphatic heterocycles. The first kappa shape index (κ1) is 15.6. The van der Waals surface area contributed by atoms with Crippen LogP contribution in [0, 0.1) is 11.3 Å². The van der Waals surface area contributed by atoms with Gasteiger partial charge in [-0.15, -0.1) is 0 Å². The largest absolute Gasteiger partial charge is 0.323 e. The fourth-order valence-corrected chi connectivity index (χ4v) is 2.64. The maximum absolute atomic E-state index is 12.2. The molecular weight excluding hydrogens is 328 g/mol. The van der Waals surface area contributed by atoms with Crippen molar-refractivity contribution in [3.63, 3.8) is 0 Å². The Balaban J connectivity index is 1.45. The van der Waals surface area contributed by atoms with E-state index in [0.717, 1.165) is 16.6 Å². The van der Waals surface area contributed by atoms with Gasteiger partial charge in [0.05, 0.1) is 47.2 Å². The first-order valence-electron chi connectivity index (χ1n) is 8.00. The molecule has 0 unspecified atom stereocenters. The van der Waals surface area contributed by atoms with Gasteiger partial charge in [-0.05, 0) is 29.8 Å². The predicted octanol–water partition coefficient (Wildman–Crippen LogP) is 2.80. The molecule has 7 nitrogen and oxygen atoms in total. The van der Waals surface area contributed by atoms with Crippen LogP contribution in [0.4, 0.5) is 5.69 Å². The van der Waals surface area contributed by atoms with Gasteiger partial charge in [-0.2, -0.15) is 10.4 Å². The molecule has 0 aliphatic carbocycles. The van der Waals surface area contributed by atoms with Gasteiger partial charge in [0, 0.05) is 0 Å². The summed E-state index contributed by atoms with van der Waals surface area (Å²) in [6.07, 6.45) is 3.50. The Morgan fingerprint density at radius 3 is 2.77 bits per heavy atom. The Bertz CT molecular complexity index is 1080. The molecule has 4 aromatic rings. The zero-order chi connectivity index (χ0) is 17.9.